The monoisotopic (exact) mass is 258 g/mol. The predicted octanol–water partition coefficient (Wildman–Crippen LogP) is 0.694. The molecule has 0 spiro atoms. The van der Waals surface area contributed by atoms with Gasteiger partial charge in [-0.2, -0.15) is 0 Å². The summed E-state index contributed by atoms with van der Waals surface area (Å²) in [5.41, 5.74) is 1.59. The van der Waals surface area contributed by atoms with E-state index in [-0.39, 0.29) is 30.1 Å². The first-order valence-corrected chi connectivity index (χ1v) is 6.30. The number of rotatable bonds is 1. The van der Waals surface area contributed by atoms with Crippen LogP contribution >= 0.6 is 0 Å². The molecule has 0 aliphatic carbocycles. The zero-order valence-electron chi connectivity index (χ0n) is 10.6. The number of hydrogen-bond donors (Lipinski definition) is 1. The van der Waals surface area contributed by atoms with Gasteiger partial charge in [0.2, 0.25) is 11.8 Å². The molecule has 5 nitrogen and oxygen atoms in total. The van der Waals surface area contributed by atoms with Crippen LogP contribution in [-0.2, 0) is 16.1 Å². The van der Waals surface area contributed by atoms with Gasteiger partial charge in [0, 0.05) is 18.5 Å². The topological polar surface area (TPSA) is 66.5 Å². The Bertz CT molecular complexity index is 582. The minimum atomic E-state index is -0.558. The number of benzene rings is 1. The summed E-state index contributed by atoms with van der Waals surface area (Å²) in [6.45, 7) is 2.27. The second kappa shape index (κ2) is 4.19. The van der Waals surface area contributed by atoms with Gasteiger partial charge in [-0.15, -0.1) is 0 Å². The summed E-state index contributed by atoms with van der Waals surface area (Å²) < 4.78 is 0. The van der Waals surface area contributed by atoms with Crippen molar-refractivity contribution in [1.29, 1.82) is 0 Å². The zero-order valence-corrected chi connectivity index (χ0v) is 10.6. The molecule has 3 rings (SSSR count). The molecule has 98 valence electrons. The van der Waals surface area contributed by atoms with Gasteiger partial charge in [0.05, 0.1) is 0 Å². The highest BCUT2D eigenvalue weighted by Crippen LogP contribution is 2.29. The first-order chi connectivity index (χ1) is 9.08. The molecule has 1 aromatic carbocycles. The molecule has 1 N–H and O–H groups in total. The Morgan fingerprint density at radius 1 is 1.21 bits per heavy atom. The van der Waals surface area contributed by atoms with E-state index in [0.717, 1.165) is 5.56 Å². The molecule has 0 aromatic heterocycles. The lowest BCUT2D eigenvalue weighted by Crippen LogP contribution is -2.56. The van der Waals surface area contributed by atoms with Gasteiger partial charge in [-0.25, -0.2) is 0 Å². The number of nitrogens with zero attached hydrogens (tertiary/aromatic N) is 1. The van der Waals surface area contributed by atoms with Crippen LogP contribution in [0.5, 0.6) is 0 Å². The summed E-state index contributed by atoms with van der Waals surface area (Å²) in [6, 6.07) is 6.80. The van der Waals surface area contributed by atoms with E-state index < -0.39 is 6.04 Å². The average molecular weight is 258 g/mol. The highest BCUT2D eigenvalue weighted by Gasteiger charge is 2.42. The molecular weight excluding hydrogens is 244 g/mol. The lowest BCUT2D eigenvalue weighted by atomic mass is 9.92. The number of fused-ring (bicyclic) bond motifs is 1. The molecule has 0 unspecified atom stereocenters. The Morgan fingerprint density at radius 2 is 1.95 bits per heavy atom. The highest BCUT2D eigenvalue weighted by atomic mass is 16.2. The molecule has 2 atom stereocenters. The van der Waals surface area contributed by atoms with Crippen molar-refractivity contribution in [3.05, 3.63) is 35.4 Å². The van der Waals surface area contributed by atoms with Crippen LogP contribution in [0.3, 0.4) is 0 Å². The molecular formula is C14H14N2O3. The van der Waals surface area contributed by atoms with Crippen LogP contribution in [0.4, 0.5) is 0 Å². The molecule has 19 heavy (non-hydrogen) atoms. The van der Waals surface area contributed by atoms with Crippen LogP contribution in [0.2, 0.25) is 0 Å². The van der Waals surface area contributed by atoms with E-state index in [9.17, 15) is 14.4 Å². The van der Waals surface area contributed by atoms with E-state index in [4.69, 9.17) is 0 Å². The Morgan fingerprint density at radius 3 is 2.63 bits per heavy atom. The minimum absolute atomic E-state index is 0.128. The zero-order chi connectivity index (χ0) is 13.6. The Balaban J connectivity index is 1.91. The van der Waals surface area contributed by atoms with Crippen molar-refractivity contribution in [2.24, 2.45) is 5.92 Å². The van der Waals surface area contributed by atoms with Crippen LogP contribution in [0.15, 0.2) is 24.3 Å². The van der Waals surface area contributed by atoms with E-state index in [1.54, 1.807) is 11.0 Å². The Kier molecular flexibility index (Phi) is 2.62. The van der Waals surface area contributed by atoms with Crippen molar-refractivity contribution in [1.82, 2.24) is 10.2 Å². The fourth-order valence-electron chi connectivity index (χ4n) is 2.88. The predicted molar refractivity (Wildman–Crippen MR) is 67.0 cm³/mol. The van der Waals surface area contributed by atoms with Crippen molar-refractivity contribution in [3.8, 4) is 0 Å². The first kappa shape index (κ1) is 11.9. The molecule has 5 heteroatoms. The molecule has 1 aromatic rings. The summed E-state index contributed by atoms with van der Waals surface area (Å²) in [5.74, 6) is -0.917. The summed E-state index contributed by atoms with van der Waals surface area (Å²) in [6.07, 6.45) is 0.274. The van der Waals surface area contributed by atoms with Crippen molar-refractivity contribution >= 4 is 17.7 Å². The summed E-state index contributed by atoms with van der Waals surface area (Å²) >= 11 is 0. The van der Waals surface area contributed by atoms with E-state index >= 15 is 0 Å². The summed E-state index contributed by atoms with van der Waals surface area (Å²) in [4.78, 5) is 37.2. The van der Waals surface area contributed by atoms with Crippen LogP contribution in [0.25, 0.3) is 0 Å². The first-order valence-electron chi connectivity index (χ1n) is 6.30. The SMILES string of the molecule is C[C@@H]1CC(=O)NC(=O)[C@H]1N1Cc2ccccc2C1=O. The second-order valence-corrected chi connectivity index (χ2v) is 5.13. The number of piperidine rings is 1. The lowest BCUT2D eigenvalue weighted by molar-refractivity contribution is -0.139. The summed E-state index contributed by atoms with van der Waals surface area (Å²) in [7, 11) is 0. The maximum absolute atomic E-state index is 12.3. The van der Waals surface area contributed by atoms with E-state index in [1.807, 2.05) is 25.1 Å². The van der Waals surface area contributed by atoms with Gasteiger partial charge in [0.15, 0.2) is 0 Å². The van der Waals surface area contributed by atoms with Crippen LogP contribution in [0, 0.1) is 5.92 Å². The molecule has 1 saturated heterocycles. The second-order valence-electron chi connectivity index (χ2n) is 5.13. The number of nitrogens with one attached hydrogen (secondary N) is 1. The third kappa shape index (κ3) is 1.82. The smallest absolute Gasteiger partial charge is 0.255 e. The van der Waals surface area contributed by atoms with Crippen molar-refractivity contribution in [3.63, 3.8) is 0 Å². The van der Waals surface area contributed by atoms with Gasteiger partial charge in [0.1, 0.15) is 6.04 Å². The Hall–Kier alpha value is -2.17. The molecule has 2 aliphatic rings. The summed E-state index contributed by atoms with van der Waals surface area (Å²) in [5, 5.41) is 2.31. The molecule has 2 heterocycles. The van der Waals surface area contributed by atoms with Crippen molar-refractivity contribution < 1.29 is 14.4 Å². The van der Waals surface area contributed by atoms with Crippen molar-refractivity contribution in [2.75, 3.05) is 0 Å². The quantitative estimate of drug-likeness (QED) is 0.754. The molecule has 3 amide bonds. The minimum Gasteiger partial charge on any atom is -0.322 e. The molecule has 2 aliphatic heterocycles. The van der Waals surface area contributed by atoms with E-state index in [1.165, 1.54) is 0 Å². The third-order valence-corrected chi connectivity index (χ3v) is 3.76. The Labute approximate surface area is 110 Å². The number of carbonyl (C=O) groups excluding carboxylic acids is 3. The molecule has 0 bridgehead atoms. The van der Waals surface area contributed by atoms with Crippen LogP contribution in [0.1, 0.15) is 29.3 Å². The normalized spacial score (nSPS) is 26.4. The standard InChI is InChI=1S/C14H14N2O3/c1-8-6-11(17)15-13(18)12(8)16-7-9-4-2-3-5-10(9)14(16)19/h2-5,8,12H,6-7H2,1H3,(H,15,17,18)/t8-,12+/m1/s1. The van der Waals surface area contributed by atoms with Gasteiger partial charge >= 0.3 is 0 Å². The fraction of sp³-hybridized carbons (Fsp3) is 0.357. The highest BCUT2D eigenvalue weighted by molar-refractivity contribution is 6.05. The van der Waals surface area contributed by atoms with Crippen molar-refractivity contribution in [2.45, 2.75) is 25.9 Å². The molecule has 0 saturated carbocycles. The lowest BCUT2D eigenvalue weighted by Gasteiger charge is -2.34. The maximum Gasteiger partial charge on any atom is 0.255 e. The van der Waals surface area contributed by atoms with Gasteiger partial charge in [-0.1, -0.05) is 25.1 Å². The number of imide groups is 1. The number of carbonyl (C=O) groups is 3. The largest absolute Gasteiger partial charge is 0.322 e. The fourth-order valence-corrected chi connectivity index (χ4v) is 2.88. The number of hydrogen-bond acceptors (Lipinski definition) is 3. The van der Waals surface area contributed by atoms with Gasteiger partial charge in [-0.3, -0.25) is 19.7 Å². The maximum atomic E-state index is 12.3. The molecule has 0 radical (unpaired) electrons. The van der Waals surface area contributed by atoms with Crippen LogP contribution in [-0.4, -0.2) is 28.7 Å². The third-order valence-electron chi connectivity index (χ3n) is 3.76. The van der Waals surface area contributed by atoms with Crippen LogP contribution < -0.4 is 5.32 Å². The van der Waals surface area contributed by atoms with E-state index in [2.05, 4.69) is 5.32 Å². The van der Waals surface area contributed by atoms with Gasteiger partial charge in [-0.05, 0) is 17.5 Å². The average Bonchev–Trinajstić information content (AvgIpc) is 2.66. The van der Waals surface area contributed by atoms with E-state index in [0.29, 0.717) is 12.1 Å². The van der Waals surface area contributed by atoms with Gasteiger partial charge in [0.25, 0.3) is 5.91 Å². The van der Waals surface area contributed by atoms with Gasteiger partial charge < -0.3 is 4.90 Å². The molecule has 1 fully saturated rings. The number of amides is 3.